The fourth-order valence-corrected chi connectivity index (χ4v) is 1.91. The SMILES string of the molecule is COc1cc(Cl)c(Cl)cc1C(=O)NC(C)CCC(=O)O. The van der Waals surface area contributed by atoms with Crippen molar-refractivity contribution in [2.24, 2.45) is 0 Å². The number of hydrogen-bond donors (Lipinski definition) is 2. The van der Waals surface area contributed by atoms with Crippen molar-refractivity contribution in [1.29, 1.82) is 0 Å². The highest BCUT2D eigenvalue weighted by Crippen LogP contribution is 2.30. The molecule has 0 saturated carbocycles. The van der Waals surface area contributed by atoms with Gasteiger partial charge in [0.1, 0.15) is 5.75 Å². The van der Waals surface area contributed by atoms with E-state index in [1.54, 1.807) is 6.92 Å². The molecule has 5 nitrogen and oxygen atoms in total. The quantitative estimate of drug-likeness (QED) is 0.845. The smallest absolute Gasteiger partial charge is 0.303 e. The molecule has 0 aromatic heterocycles. The molecule has 20 heavy (non-hydrogen) atoms. The summed E-state index contributed by atoms with van der Waals surface area (Å²) in [5.74, 6) is -0.987. The van der Waals surface area contributed by atoms with Gasteiger partial charge in [0.15, 0.2) is 0 Å². The van der Waals surface area contributed by atoms with E-state index in [9.17, 15) is 9.59 Å². The lowest BCUT2D eigenvalue weighted by Crippen LogP contribution is -2.33. The molecule has 0 bridgehead atoms. The van der Waals surface area contributed by atoms with Crippen LogP contribution in [0.3, 0.4) is 0 Å². The summed E-state index contributed by atoms with van der Waals surface area (Å²) in [5.41, 5.74) is 0.254. The summed E-state index contributed by atoms with van der Waals surface area (Å²) in [5, 5.41) is 11.8. The molecule has 1 aromatic rings. The van der Waals surface area contributed by atoms with E-state index in [1.807, 2.05) is 0 Å². The standard InChI is InChI=1S/C13H15Cl2NO4/c1-7(3-4-12(17)18)16-13(19)8-5-9(14)10(15)6-11(8)20-2/h5-7H,3-4H2,1-2H3,(H,16,19)(H,17,18). The maximum atomic E-state index is 12.1. The lowest BCUT2D eigenvalue weighted by molar-refractivity contribution is -0.137. The van der Waals surface area contributed by atoms with E-state index in [0.717, 1.165) is 0 Å². The van der Waals surface area contributed by atoms with E-state index < -0.39 is 11.9 Å². The number of carbonyl (C=O) groups is 2. The number of carboxylic acids is 1. The summed E-state index contributed by atoms with van der Waals surface area (Å²) in [7, 11) is 1.42. The number of carboxylic acid groups (broad SMARTS) is 1. The van der Waals surface area contributed by atoms with Crippen molar-refractivity contribution in [1.82, 2.24) is 5.32 Å². The summed E-state index contributed by atoms with van der Waals surface area (Å²) in [6.07, 6.45) is 0.324. The summed E-state index contributed by atoms with van der Waals surface area (Å²) in [4.78, 5) is 22.6. The molecule has 1 atom stereocenters. The van der Waals surface area contributed by atoms with Crippen molar-refractivity contribution in [3.63, 3.8) is 0 Å². The van der Waals surface area contributed by atoms with Gasteiger partial charge in [0, 0.05) is 18.5 Å². The van der Waals surface area contributed by atoms with Crippen molar-refractivity contribution in [2.45, 2.75) is 25.8 Å². The number of amides is 1. The van der Waals surface area contributed by atoms with Crippen molar-refractivity contribution in [3.05, 3.63) is 27.7 Å². The maximum absolute atomic E-state index is 12.1. The third-order valence-corrected chi connectivity index (χ3v) is 3.38. The van der Waals surface area contributed by atoms with Crippen LogP contribution in [-0.2, 0) is 4.79 Å². The molecule has 0 spiro atoms. The van der Waals surface area contributed by atoms with Gasteiger partial charge in [-0.25, -0.2) is 0 Å². The number of hydrogen-bond acceptors (Lipinski definition) is 3. The van der Waals surface area contributed by atoms with Crippen molar-refractivity contribution in [2.75, 3.05) is 7.11 Å². The number of methoxy groups -OCH3 is 1. The van der Waals surface area contributed by atoms with Crippen LogP contribution in [0.15, 0.2) is 12.1 Å². The first-order valence-corrected chi connectivity index (χ1v) is 6.66. The number of ether oxygens (including phenoxy) is 1. The van der Waals surface area contributed by atoms with Crippen LogP contribution in [0.2, 0.25) is 10.0 Å². The van der Waals surface area contributed by atoms with Gasteiger partial charge in [0.2, 0.25) is 0 Å². The Kier molecular flexibility index (Phi) is 6.10. The Morgan fingerprint density at radius 2 is 1.95 bits per heavy atom. The lowest BCUT2D eigenvalue weighted by Gasteiger charge is -2.15. The minimum atomic E-state index is -0.904. The normalized spacial score (nSPS) is 11.8. The molecule has 2 N–H and O–H groups in total. The summed E-state index contributed by atoms with van der Waals surface area (Å²) in [6, 6.07) is 2.60. The Labute approximate surface area is 126 Å². The predicted molar refractivity (Wildman–Crippen MR) is 76.8 cm³/mol. The molecule has 110 valence electrons. The number of carbonyl (C=O) groups excluding carboxylic acids is 1. The van der Waals surface area contributed by atoms with Gasteiger partial charge in [0.05, 0.1) is 22.7 Å². The van der Waals surface area contributed by atoms with E-state index in [1.165, 1.54) is 19.2 Å². The summed E-state index contributed by atoms with van der Waals surface area (Å²) in [6.45, 7) is 1.73. The molecule has 0 aliphatic heterocycles. The zero-order valence-electron chi connectivity index (χ0n) is 11.1. The highest BCUT2D eigenvalue weighted by atomic mass is 35.5. The maximum Gasteiger partial charge on any atom is 0.303 e. The van der Waals surface area contributed by atoms with Crippen LogP contribution in [0, 0.1) is 0 Å². The fraction of sp³-hybridized carbons (Fsp3) is 0.385. The molecule has 1 aromatic carbocycles. The van der Waals surface area contributed by atoms with Crippen LogP contribution < -0.4 is 10.1 Å². The predicted octanol–water partition coefficient (Wildman–Crippen LogP) is 2.99. The first-order valence-electron chi connectivity index (χ1n) is 5.90. The van der Waals surface area contributed by atoms with Gasteiger partial charge < -0.3 is 15.2 Å². The molecule has 0 aliphatic carbocycles. The molecule has 1 rings (SSSR count). The largest absolute Gasteiger partial charge is 0.496 e. The van der Waals surface area contributed by atoms with Gasteiger partial charge in [-0.3, -0.25) is 9.59 Å². The van der Waals surface area contributed by atoms with E-state index in [-0.39, 0.29) is 23.0 Å². The van der Waals surface area contributed by atoms with Gasteiger partial charge in [-0.05, 0) is 19.4 Å². The zero-order chi connectivity index (χ0) is 15.3. The van der Waals surface area contributed by atoms with E-state index in [0.29, 0.717) is 17.2 Å². The average Bonchev–Trinajstić information content (AvgIpc) is 2.38. The first kappa shape index (κ1) is 16.6. The molecule has 7 heteroatoms. The topological polar surface area (TPSA) is 75.6 Å². The van der Waals surface area contributed by atoms with Gasteiger partial charge in [-0.2, -0.15) is 0 Å². The molecule has 0 radical (unpaired) electrons. The number of aliphatic carboxylic acids is 1. The van der Waals surface area contributed by atoms with E-state index in [2.05, 4.69) is 5.32 Å². The lowest BCUT2D eigenvalue weighted by atomic mass is 10.1. The molecule has 0 fully saturated rings. The molecular weight excluding hydrogens is 305 g/mol. The third-order valence-electron chi connectivity index (χ3n) is 2.66. The first-order chi connectivity index (χ1) is 9.35. The van der Waals surface area contributed by atoms with Gasteiger partial charge in [-0.15, -0.1) is 0 Å². The second-order valence-electron chi connectivity index (χ2n) is 4.27. The second kappa shape index (κ2) is 7.36. The van der Waals surface area contributed by atoms with Crippen LogP contribution in [-0.4, -0.2) is 30.1 Å². The summed E-state index contributed by atoms with van der Waals surface area (Å²) < 4.78 is 5.08. The van der Waals surface area contributed by atoms with Crippen LogP contribution in [0.25, 0.3) is 0 Å². The average molecular weight is 320 g/mol. The van der Waals surface area contributed by atoms with Crippen molar-refractivity contribution in [3.8, 4) is 5.75 Å². The molecule has 0 heterocycles. The highest BCUT2D eigenvalue weighted by Gasteiger charge is 2.17. The van der Waals surface area contributed by atoms with Crippen LogP contribution in [0.1, 0.15) is 30.1 Å². The minimum absolute atomic E-state index is 0.0139. The third kappa shape index (κ3) is 4.58. The molecular formula is C13H15Cl2NO4. The van der Waals surface area contributed by atoms with Crippen molar-refractivity contribution >= 4 is 35.1 Å². The van der Waals surface area contributed by atoms with E-state index in [4.69, 9.17) is 33.0 Å². The monoisotopic (exact) mass is 319 g/mol. The number of rotatable bonds is 6. The Morgan fingerprint density at radius 3 is 2.50 bits per heavy atom. The van der Waals surface area contributed by atoms with Crippen LogP contribution in [0.5, 0.6) is 5.75 Å². The highest BCUT2D eigenvalue weighted by molar-refractivity contribution is 6.42. The van der Waals surface area contributed by atoms with Crippen molar-refractivity contribution < 1.29 is 19.4 Å². The Morgan fingerprint density at radius 1 is 1.35 bits per heavy atom. The molecule has 0 aliphatic rings. The molecule has 1 amide bonds. The van der Waals surface area contributed by atoms with Gasteiger partial charge in [-0.1, -0.05) is 23.2 Å². The Bertz CT molecular complexity index is 519. The number of halogens is 2. The second-order valence-corrected chi connectivity index (χ2v) is 5.09. The summed E-state index contributed by atoms with van der Waals surface area (Å²) >= 11 is 11.7. The number of benzene rings is 1. The fourth-order valence-electron chi connectivity index (χ4n) is 1.59. The Hall–Kier alpha value is -1.46. The van der Waals surface area contributed by atoms with Gasteiger partial charge in [0.25, 0.3) is 5.91 Å². The van der Waals surface area contributed by atoms with Crippen LogP contribution in [0.4, 0.5) is 0 Å². The van der Waals surface area contributed by atoms with Gasteiger partial charge >= 0.3 is 5.97 Å². The molecule has 1 unspecified atom stereocenters. The Balaban J connectivity index is 2.81. The minimum Gasteiger partial charge on any atom is -0.496 e. The molecule has 0 saturated heterocycles. The van der Waals surface area contributed by atoms with Crippen LogP contribution >= 0.6 is 23.2 Å². The van der Waals surface area contributed by atoms with E-state index >= 15 is 0 Å². The number of nitrogens with one attached hydrogen (secondary N) is 1. The zero-order valence-corrected chi connectivity index (χ0v) is 12.6.